The molecule has 0 aromatic heterocycles. The first-order valence-corrected chi connectivity index (χ1v) is 7.88. The molecule has 1 rings (SSSR count). The molecule has 0 bridgehead atoms. The predicted octanol–water partition coefficient (Wildman–Crippen LogP) is 4.93. The molecule has 118 valence electrons. The lowest BCUT2D eigenvalue weighted by atomic mass is 9.84. The number of halogens is 4. The van der Waals surface area contributed by atoms with Crippen LogP contribution >= 0.6 is 46.4 Å². The summed E-state index contributed by atoms with van der Waals surface area (Å²) in [5.41, 5.74) is 6.45. The SMILES string of the molecule is COC(=O)C(N)CC(C)C(C)c1c(Cl)c(Cl)cc(Cl)c1Cl. The van der Waals surface area contributed by atoms with Crippen LogP contribution in [0.2, 0.25) is 20.1 Å². The van der Waals surface area contributed by atoms with Gasteiger partial charge >= 0.3 is 5.97 Å². The van der Waals surface area contributed by atoms with Crippen molar-refractivity contribution in [2.24, 2.45) is 11.7 Å². The van der Waals surface area contributed by atoms with Gasteiger partial charge in [0.2, 0.25) is 0 Å². The van der Waals surface area contributed by atoms with Crippen molar-refractivity contribution in [2.45, 2.75) is 32.2 Å². The summed E-state index contributed by atoms with van der Waals surface area (Å²) in [6.07, 6.45) is 0.435. The quantitative estimate of drug-likeness (QED) is 0.588. The first-order chi connectivity index (χ1) is 9.70. The van der Waals surface area contributed by atoms with Crippen molar-refractivity contribution in [3.05, 3.63) is 31.7 Å². The number of carbonyl (C=O) groups is 1. The number of nitrogens with two attached hydrogens (primary N) is 1. The number of rotatable bonds is 5. The molecular formula is C14H17Cl4NO2. The first kappa shape index (κ1) is 18.9. The number of benzene rings is 1. The summed E-state index contributed by atoms with van der Waals surface area (Å²) >= 11 is 24.6. The van der Waals surface area contributed by atoms with Crippen molar-refractivity contribution in [2.75, 3.05) is 7.11 Å². The van der Waals surface area contributed by atoms with Crippen LogP contribution in [0.15, 0.2) is 6.07 Å². The fraction of sp³-hybridized carbons (Fsp3) is 0.500. The fourth-order valence-corrected chi connectivity index (χ4v) is 3.30. The van der Waals surface area contributed by atoms with Crippen molar-refractivity contribution in [3.8, 4) is 0 Å². The molecule has 1 aromatic rings. The number of esters is 1. The van der Waals surface area contributed by atoms with Gasteiger partial charge in [-0.1, -0.05) is 60.3 Å². The Kier molecular flexibility index (Phi) is 7.08. The second-order valence-corrected chi connectivity index (χ2v) is 6.58. The number of ether oxygens (including phenoxy) is 1. The van der Waals surface area contributed by atoms with Crippen LogP contribution in [0.25, 0.3) is 0 Å². The van der Waals surface area contributed by atoms with E-state index in [1.165, 1.54) is 13.2 Å². The van der Waals surface area contributed by atoms with Crippen molar-refractivity contribution in [3.63, 3.8) is 0 Å². The summed E-state index contributed by atoms with van der Waals surface area (Å²) < 4.78 is 4.63. The molecule has 0 aliphatic rings. The van der Waals surface area contributed by atoms with Gasteiger partial charge in [-0.25, -0.2) is 0 Å². The molecule has 0 fully saturated rings. The van der Waals surface area contributed by atoms with Crippen LogP contribution in [0.5, 0.6) is 0 Å². The summed E-state index contributed by atoms with van der Waals surface area (Å²) in [7, 11) is 1.31. The number of hydrogen-bond donors (Lipinski definition) is 1. The first-order valence-electron chi connectivity index (χ1n) is 6.36. The summed E-state index contributed by atoms with van der Waals surface area (Å²) in [6, 6.07) is 0.814. The number of hydrogen-bond acceptors (Lipinski definition) is 3. The van der Waals surface area contributed by atoms with Crippen LogP contribution in [0, 0.1) is 5.92 Å². The minimum Gasteiger partial charge on any atom is -0.468 e. The van der Waals surface area contributed by atoms with Gasteiger partial charge in [0.1, 0.15) is 6.04 Å². The van der Waals surface area contributed by atoms with Crippen molar-refractivity contribution < 1.29 is 9.53 Å². The minimum atomic E-state index is -0.695. The highest BCUT2D eigenvalue weighted by Crippen LogP contribution is 2.43. The average Bonchev–Trinajstić information content (AvgIpc) is 2.44. The van der Waals surface area contributed by atoms with Crippen LogP contribution < -0.4 is 5.73 Å². The Bertz CT molecular complexity index is 510. The van der Waals surface area contributed by atoms with Crippen LogP contribution in [0.4, 0.5) is 0 Å². The summed E-state index contributed by atoms with van der Waals surface area (Å²) in [6.45, 7) is 3.89. The molecule has 0 radical (unpaired) electrons. The normalized spacial score (nSPS) is 15.4. The molecule has 2 N–H and O–H groups in total. The monoisotopic (exact) mass is 371 g/mol. The molecule has 1 aromatic carbocycles. The maximum absolute atomic E-state index is 11.4. The third-order valence-corrected chi connectivity index (χ3v) is 5.19. The molecule has 3 nitrogen and oxygen atoms in total. The topological polar surface area (TPSA) is 52.3 Å². The molecule has 7 heteroatoms. The summed E-state index contributed by atoms with van der Waals surface area (Å²) in [5.74, 6) is -0.490. The van der Waals surface area contributed by atoms with E-state index < -0.39 is 12.0 Å². The zero-order chi connectivity index (χ0) is 16.3. The van der Waals surface area contributed by atoms with Crippen LogP contribution in [0.1, 0.15) is 31.7 Å². The van der Waals surface area contributed by atoms with Crippen molar-refractivity contribution in [1.29, 1.82) is 0 Å². The number of methoxy groups -OCH3 is 1. The fourth-order valence-electron chi connectivity index (χ4n) is 2.13. The Morgan fingerprint density at radius 2 is 1.67 bits per heavy atom. The van der Waals surface area contributed by atoms with Crippen LogP contribution in [-0.4, -0.2) is 19.1 Å². The lowest BCUT2D eigenvalue weighted by Crippen LogP contribution is -2.34. The van der Waals surface area contributed by atoms with Crippen LogP contribution in [-0.2, 0) is 9.53 Å². The van der Waals surface area contributed by atoms with Gasteiger partial charge in [0, 0.05) is 0 Å². The maximum atomic E-state index is 11.4. The highest BCUT2D eigenvalue weighted by Gasteiger charge is 2.26. The Hall–Kier alpha value is -0.190. The Balaban J connectivity index is 3.03. The second kappa shape index (κ2) is 7.89. The van der Waals surface area contributed by atoms with Gasteiger partial charge in [-0.3, -0.25) is 4.79 Å². The van der Waals surface area contributed by atoms with E-state index in [1.807, 2.05) is 13.8 Å². The summed E-state index contributed by atoms with van der Waals surface area (Å²) in [5, 5.41) is 1.43. The maximum Gasteiger partial charge on any atom is 0.322 e. The standard InChI is InChI=1S/C14H17Cl4NO2/c1-6(4-10(19)14(20)21-3)7(2)11-12(17)8(15)5-9(16)13(11)18/h5-7,10H,4,19H2,1-3H3. The van der Waals surface area contributed by atoms with E-state index in [0.717, 1.165) is 0 Å². The Morgan fingerprint density at radius 3 is 2.10 bits per heavy atom. The number of carbonyl (C=O) groups excluding carboxylic acids is 1. The van der Waals surface area contributed by atoms with E-state index in [-0.39, 0.29) is 11.8 Å². The second-order valence-electron chi connectivity index (χ2n) is 5.01. The molecule has 21 heavy (non-hydrogen) atoms. The van der Waals surface area contributed by atoms with Gasteiger partial charge in [0.25, 0.3) is 0 Å². The smallest absolute Gasteiger partial charge is 0.322 e. The zero-order valence-corrected chi connectivity index (χ0v) is 14.9. The third kappa shape index (κ3) is 4.40. The van der Waals surface area contributed by atoms with Gasteiger partial charge in [0.15, 0.2) is 0 Å². The molecule has 3 unspecified atom stereocenters. The largest absolute Gasteiger partial charge is 0.468 e. The molecule has 0 saturated carbocycles. The molecule has 0 aliphatic carbocycles. The molecular weight excluding hydrogens is 356 g/mol. The van der Waals surface area contributed by atoms with Gasteiger partial charge in [-0.2, -0.15) is 0 Å². The van der Waals surface area contributed by atoms with E-state index in [9.17, 15) is 4.79 Å². The summed E-state index contributed by atoms with van der Waals surface area (Å²) in [4.78, 5) is 11.4. The third-order valence-electron chi connectivity index (χ3n) is 3.58. The molecule has 0 aliphatic heterocycles. The molecule has 0 amide bonds. The highest BCUT2D eigenvalue weighted by atomic mass is 35.5. The molecule has 0 saturated heterocycles. The molecule has 3 atom stereocenters. The predicted molar refractivity (Wildman–Crippen MR) is 88.7 cm³/mol. The molecule has 0 spiro atoms. The van der Waals surface area contributed by atoms with E-state index >= 15 is 0 Å². The van der Waals surface area contributed by atoms with E-state index in [1.54, 1.807) is 0 Å². The minimum absolute atomic E-state index is 0.0311. The Morgan fingerprint density at radius 1 is 1.19 bits per heavy atom. The lowest BCUT2D eigenvalue weighted by Gasteiger charge is -2.25. The van der Waals surface area contributed by atoms with E-state index in [0.29, 0.717) is 32.1 Å². The van der Waals surface area contributed by atoms with Gasteiger partial charge in [-0.05, 0) is 29.9 Å². The Labute approximate surface area is 144 Å². The van der Waals surface area contributed by atoms with E-state index in [2.05, 4.69) is 4.74 Å². The van der Waals surface area contributed by atoms with E-state index in [4.69, 9.17) is 52.1 Å². The zero-order valence-electron chi connectivity index (χ0n) is 11.9. The van der Waals surface area contributed by atoms with Gasteiger partial charge in [0.05, 0.1) is 27.2 Å². The van der Waals surface area contributed by atoms with Crippen LogP contribution in [0.3, 0.4) is 0 Å². The average molecular weight is 373 g/mol. The highest BCUT2D eigenvalue weighted by molar-refractivity contribution is 6.48. The van der Waals surface area contributed by atoms with Crippen molar-refractivity contribution >= 4 is 52.4 Å². The lowest BCUT2D eigenvalue weighted by molar-refractivity contribution is -0.142. The molecule has 0 heterocycles. The van der Waals surface area contributed by atoms with Crippen molar-refractivity contribution in [1.82, 2.24) is 0 Å². The van der Waals surface area contributed by atoms with Gasteiger partial charge in [-0.15, -0.1) is 0 Å². The van der Waals surface area contributed by atoms with Gasteiger partial charge < -0.3 is 10.5 Å².